The fourth-order valence-electron chi connectivity index (χ4n) is 2.32. The third-order valence-corrected chi connectivity index (χ3v) is 3.85. The highest BCUT2D eigenvalue weighted by Crippen LogP contribution is 2.37. The quantitative estimate of drug-likeness (QED) is 0.757. The van der Waals surface area contributed by atoms with Crippen molar-refractivity contribution in [1.82, 2.24) is 4.98 Å². The van der Waals surface area contributed by atoms with Crippen LogP contribution in [0.1, 0.15) is 45.2 Å². The van der Waals surface area contributed by atoms with Crippen LogP contribution in [-0.4, -0.2) is 11.0 Å². The maximum absolute atomic E-state index is 5.89. The van der Waals surface area contributed by atoms with Gasteiger partial charge in [-0.05, 0) is 56.6 Å². The number of aromatic nitrogens is 1. The lowest BCUT2D eigenvalue weighted by atomic mass is 10.00. The summed E-state index contributed by atoms with van der Waals surface area (Å²) in [6, 6.07) is 4.52. The van der Waals surface area contributed by atoms with Crippen LogP contribution in [0, 0.1) is 18.8 Å². The second-order valence-electron chi connectivity index (χ2n) is 5.83. The largest absolute Gasteiger partial charge is 0.381 e. The number of hydrogen-bond donors (Lipinski definition) is 1. The lowest BCUT2D eigenvalue weighted by molar-refractivity contribution is 0.486. The van der Waals surface area contributed by atoms with Crippen LogP contribution >= 0.6 is 11.6 Å². The van der Waals surface area contributed by atoms with Gasteiger partial charge in [-0.1, -0.05) is 25.4 Å². The minimum Gasteiger partial charge on any atom is -0.381 e. The number of nitrogens with zero attached hydrogens (tertiary/aromatic N) is 1. The molecule has 3 heteroatoms. The number of anilines is 1. The first-order valence-electron chi connectivity index (χ1n) is 6.96. The Morgan fingerprint density at radius 2 is 2.06 bits per heavy atom. The van der Waals surface area contributed by atoms with Gasteiger partial charge in [0.25, 0.3) is 0 Å². The molecule has 1 saturated carbocycles. The molecule has 0 radical (unpaired) electrons. The SMILES string of the molecule is Cc1nc(Cl)ccc1NC(CCC(C)C)C1CC1. The average Bonchev–Trinajstić information content (AvgIpc) is 3.10. The van der Waals surface area contributed by atoms with E-state index in [0.717, 1.165) is 23.2 Å². The molecule has 1 unspecified atom stereocenters. The third kappa shape index (κ3) is 3.88. The Kier molecular flexibility index (Phi) is 4.50. The van der Waals surface area contributed by atoms with Crippen LogP contribution in [-0.2, 0) is 0 Å². The summed E-state index contributed by atoms with van der Waals surface area (Å²) in [5.41, 5.74) is 2.14. The highest BCUT2D eigenvalue weighted by molar-refractivity contribution is 6.29. The zero-order chi connectivity index (χ0) is 13.1. The van der Waals surface area contributed by atoms with Gasteiger partial charge in [-0.15, -0.1) is 0 Å². The summed E-state index contributed by atoms with van der Waals surface area (Å²) in [6.07, 6.45) is 5.28. The van der Waals surface area contributed by atoms with Crippen molar-refractivity contribution in [3.05, 3.63) is 23.0 Å². The summed E-state index contributed by atoms with van der Waals surface area (Å²) in [7, 11) is 0. The van der Waals surface area contributed by atoms with E-state index in [2.05, 4.69) is 30.2 Å². The molecule has 1 N–H and O–H groups in total. The molecule has 0 aromatic carbocycles. The first-order chi connectivity index (χ1) is 8.56. The Morgan fingerprint density at radius 3 is 2.61 bits per heavy atom. The van der Waals surface area contributed by atoms with Gasteiger partial charge in [-0.3, -0.25) is 0 Å². The predicted molar refractivity (Wildman–Crippen MR) is 78.2 cm³/mol. The molecule has 1 aliphatic carbocycles. The Labute approximate surface area is 115 Å². The molecule has 2 nitrogen and oxygen atoms in total. The van der Waals surface area contributed by atoms with E-state index in [0.29, 0.717) is 11.2 Å². The molecule has 1 aliphatic rings. The van der Waals surface area contributed by atoms with Crippen molar-refractivity contribution in [3.63, 3.8) is 0 Å². The van der Waals surface area contributed by atoms with Crippen LogP contribution in [0.2, 0.25) is 5.15 Å². The van der Waals surface area contributed by atoms with Crippen molar-refractivity contribution in [2.75, 3.05) is 5.32 Å². The van der Waals surface area contributed by atoms with Crippen molar-refractivity contribution < 1.29 is 0 Å². The van der Waals surface area contributed by atoms with E-state index >= 15 is 0 Å². The molecule has 0 bridgehead atoms. The van der Waals surface area contributed by atoms with Crippen molar-refractivity contribution in [3.8, 4) is 0 Å². The topological polar surface area (TPSA) is 24.9 Å². The van der Waals surface area contributed by atoms with Gasteiger partial charge in [-0.25, -0.2) is 4.98 Å². The molecular formula is C15H23ClN2. The van der Waals surface area contributed by atoms with Gasteiger partial charge in [0.15, 0.2) is 0 Å². The number of pyridine rings is 1. The summed E-state index contributed by atoms with van der Waals surface area (Å²) < 4.78 is 0. The van der Waals surface area contributed by atoms with Crippen LogP contribution in [0.25, 0.3) is 0 Å². The number of nitrogens with one attached hydrogen (secondary N) is 1. The number of aryl methyl sites for hydroxylation is 1. The number of halogens is 1. The van der Waals surface area contributed by atoms with Gasteiger partial charge in [0.1, 0.15) is 5.15 Å². The van der Waals surface area contributed by atoms with Crippen molar-refractivity contribution >= 4 is 17.3 Å². The highest BCUT2D eigenvalue weighted by atomic mass is 35.5. The van der Waals surface area contributed by atoms with Gasteiger partial charge in [0.05, 0.1) is 11.4 Å². The number of hydrogen-bond acceptors (Lipinski definition) is 2. The van der Waals surface area contributed by atoms with Gasteiger partial charge in [0, 0.05) is 6.04 Å². The lowest BCUT2D eigenvalue weighted by Gasteiger charge is -2.21. The summed E-state index contributed by atoms with van der Waals surface area (Å²) in [5.74, 6) is 1.64. The Hall–Kier alpha value is -0.760. The summed E-state index contributed by atoms with van der Waals surface area (Å²) in [6.45, 7) is 6.60. The van der Waals surface area contributed by atoms with Gasteiger partial charge < -0.3 is 5.32 Å². The van der Waals surface area contributed by atoms with Crippen LogP contribution < -0.4 is 5.32 Å². The molecule has 0 spiro atoms. The van der Waals surface area contributed by atoms with Crippen molar-refractivity contribution in [1.29, 1.82) is 0 Å². The van der Waals surface area contributed by atoms with Gasteiger partial charge in [-0.2, -0.15) is 0 Å². The average molecular weight is 267 g/mol. The minimum absolute atomic E-state index is 0.572. The molecule has 1 atom stereocenters. The molecular weight excluding hydrogens is 244 g/mol. The minimum atomic E-state index is 0.572. The summed E-state index contributed by atoms with van der Waals surface area (Å²) >= 11 is 5.89. The van der Waals surface area contributed by atoms with E-state index in [1.54, 1.807) is 0 Å². The molecule has 2 rings (SSSR count). The highest BCUT2D eigenvalue weighted by Gasteiger charge is 2.31. The predicted octanol–water partition coefficient (Wildman–Crippen LogP) is 4.67. The van der Waals surface area contributed by atoms with E-state index < -0.39 is 0 Å². The normalized spacial score (nSPS) is 16.9. The van der Waals surface area contributed by atoms with E-state index in [1.165, 1.54) is 25.7 Å². The van der Waals surface area contributed by atoms with E-state index in [1.807, 2.05) is 13.0 Å². The zero-order valence-electron chi connectivity index (χ0n) is 11.5. The molecule has 0 saturated heterocycles. The Bertz CT molecular complexity index is 399. The standard InChI is InChI=1S/C15H23ClN2/c1-10(2)4-7-14(12-5-6-12)18-13-8-9-15(16)17-11(13)3/h8-10,12,14,18H,4-7H2,1-3H3. The molecule has 1 fully saturated rings. The molecule has 18 heavy (non-hydrogen) atoms. The number of rotatable bonds is 6. The van der Waals surface area contributed by atoms with Crippen molar-refractivity contribution in [2.24, 2.45) is 11.8 Å². The lowest BCUT2D eigenvalue weighted by Crippen LogP contribution is -2.23. The first-order valence-corrected chi connectivity index (χ1v) is 7.33. The van der Waals surface area contributed by atoms with E-state index in [9.17, 15) is 0 Å². The van der Waals surface area contributed by atoms with Crippen LogP contribution in [0.5, 0.6) is 0 Å². The molecule has 0 aliphatic heterocycles. The monoisotopic (exact) mass is 266 g/mol. The smallest absolute Gasteiger partial charge is 0.129 e. The van der Waals surface area contributed by atoms with E-state index in [-0.39, 0.29) is 0 Å². The molecule has 1 aromatic rings. The molecule has 100 valence electrons. The fraction of sp³-hybridized carbons (Fsp3) is 0.667. The van der Waals surface area contributed by atoms with Crippen LogP contribution in [0.4, 0.5) is 5.69 Å². The summed E-state index contributed by atoms with van der Waals surface area (Å²) in [4.78, 5) is 4.30. The first kappa shape index (κ1) is 13.7. The maximum Gasteiger partial charge on any atom is 0.129 e. The second-order valence-corrected chi connectivity index (χ2v) is 6.21. The Morgan fingerprint density at radius 1 is 1.33 bits per heavy atom. The maximum atomic E-state index is 5.89. The fourth-order valence-corrected chi connectivity index (χ4v) is 2.51. The molecule has 1 aromatic heterocycles. The third-order valence-electron chi connectivity index (χ3n) is 3.64. The zero-order valence-corrected chi connectivity index (χ0v) is 12.3. The van der Waals surface area contributed by atoms with Gasteiger partial charge in [0.2, 0.25) is 0 Å². The van der Waals surface area contributed by atoms with Crippen LogP contribution in [0.15, 0.2) is 12.1 Å². The molecule has 1 heterocycles. The summed E-state index contributed by atoms with van der Waals surface area (Å²) in [5, 5.41) is 4.24. The van der Waals surface area contributed by atoms with Gasteiger partial charge >= 0.3 is 0 Å². The Balaban J connectivity index is 1.99. The molecule has 0 amide bonds. The van der Waals surface area contributed by atoms with E-state index in [4.69, 9.17) is 11.6 Å². The second kappa shape index (κ2) is 5.92. The van der Waals surface area contributed by atoms with Crippen molar-refractivity contribution in [2.45, 2.75) is 52.5 Å². The van der Waals surface area contributed by atoms with Crippen LogP contribution in [0.3, 0.4) is 0 Å².